The van der Waals surface area contributed by atoms with Gasteiger partial charge in [0.15, 0.2) is 0 Å². The van der Waals surface area contributed by atoms with E-state index in [9.17, 15) is 4.79 Å². The van der Waals surface area contributed by atoms with Gasteiger partial charge in [0.1, 0.15) is 11.5 Å². The minimum absolute atomic E-state index is 0.0390. The summed E-state index contributed by atoms with van der Waals surface area (Å²) in [6.45, 7) is 1.73. The molecule has 24 heavy (non-hydrogen) atoms. The molecule has 0 spiro atoms. The minimum atomic E-state index is -0.0390. The first kappa shape index (κ1) is 16.8. The van der Waals surface area contributed by atoms with E-state index in [0.29, 0.717) is 24.6 Å². The van der Waals surface area contributed by atoms with Crippen LogP contribution < -0.4 is 14.8 Å². The predicted molar refractivity (Wildman–Crippen MR) is 93.0 cm³/mol. The van der Waals surface area contributed by atoms with E-state index < -0.39 is 0 Å². The lowest BCUT2D eigenvalue weighted by atomic mass is 9.96. The molecular weight excluding hydrogens is 326 g/mol. The van der Waals surface area contributed by atoms with Crippen molar-refractivity contribution >= 4 is 17.2 Å². The third-order valence-corrected chi connectivity index (χ3v) is 5.04. The van der Waals surface area contributed by atoms with Gasteiger partial charge in [-0.3, -0.25) is 4.79 Å². The SMILES string of the molecule is COCc1ccc(C(=O)NCC2COc3cc(OC)ccc3C2)s1. The number of benzene rings is 1. The first-order valence-corrected chi connectivity index (χ1v) is 8.67. The molecule has 0 saturated heterocycles. The monoisotopic (exact) mass is 347 g/mol. The van der Waals surface area contributed by atoms with Crippen LogP contribution in [0.25, 0.3) is 0 Å². The van der Waals surface area contributed by atoms with Crippen LogP contribution >= 0.6 is 11.3 Å². The van der Waals surface area contributed by atoms with Gasteiger partial charge in [0, 0.05) is 30.5 Å². The Bertz CT molecular complexity index is 713. The fourth-order valence-electron chi connectivity index (χ4n) is 2.72. The van der Waals surface area contributed by atoms with E-state index in [1.165, 1.54) is 11.3 Å². The second-order valence-electron chi connectivity index (χ2n) is 5.76. The number of amides is 1. The quantitative estimate of drug-likeness (QED) is 0.873. The Morgan fingerprint density at radius 3 is 3.00 bits per heavy atom. The predicted octanol–water partition coefficient (Wildman–Crippen LogP) is 2.88. The molecule has 1 aromatic heterocycles. The van der Waals surface area contributed by atoms with Crippen molar-refractivity contribution in [2.45, 2.75) is 13.0 Å². The van der Waals surface area contributed by atoms with E-state index in [-0.39, 0.29) is 11.8 Å². The van der Waals surface area contributed by atoms with E-state index in [0.717, 1.165) is 28.4 Å². The molecular formula is C18H21NO4S. The van der Waals surface area contributed by atoms with Gasteiger partial charge in [0.05, 0.1) is 25.2 Å². The summed E-state index contributed by atoms with van der Waals surface area (Å²) in [5.74, 6) is 1.90. The highest BCUT2D eigenvalue weighted by atomic mass is 32.1. The van der Waals surface area contributed by atoms with Crippen LogP contribution in [-0.4, -0.2) is 33.3 Å². The number of hydrogen-bond acceptors (Lipinski definition) is 5. The second kappa shape index (κ2) is 7.68. The number of ether oxygens (including phenoxy) is 3. The number of nitrogens with one attached hydrogen (secondary N) is 1. The van der Waals surface area contributed by atoms with Crippen LogP contribution in [0.1, 0.15) is 20.1 Å². The molecule has 1 atom stereocenters. The lowest BCUT2D eigenvalue weighted by molar-refractivity contribution is 0.0943. The highest BCUT2D eigenvalue weighted by Gasteiger charge is 2.21. The van der Waals surface area contributed by atoms with Gasteiger partial charge in [0.2, 0.25) is 0 Å². The summed E-state index contributed by atoms with van der Waals surface area (Å²) in [6.07, 6.45) is 0.888. The molecule has 0 aliphatic carbocycles. The molecule has 0 radical (unpaired) electrons. The Labute approximate surface area is 145 Å². The van der Waals surface area contributed by atoms with Crippen molar-refractivity contribution in [3.05, 3.63) is 45.6 Å². The van der Waals surface area contributed by atoms with Crippen molar-refractivity contribution in [2.75, 3.05) is 27.4 Å². The van der Waals surface area contributed by atoms with Crippen LogP contribution in [0.4, 0.5) is 0 Å². The molecule has 3 rings (SSSR count). The highest BCUT2D eigenvalue weighted by Crippen LogP contribution is 2.30. The zero-order chi connectivity index (χ0) is 16.9. The number of carbonyl (C=O) groups excluding carboxylic acids is 1. The summed E-state index contributed by atoms with van der Waals surface area (Å²) in [6, 6.07) is 9.64. The Balaban J connectivity index is 1.54. The summed E-state index contributed by atoms with van der Waals surface area (Å²) in [5, 5.41) is 3.00. The molecule has 0 fully saturated rings. The number of carbonyl (C=O) groups is 1. The summed E-state index contributed by atoms with van der Waals surface area (Å²) in [4.78, 5) is 14.0. The van der Waals surface area contributed by atoms with Gasteiger partial charge in [-0.05, 0) is 30.2 Å². The van der Waals surface area contributed by atoms with Crippen molar-refractivity contribution in [2.24, 2.45) is 5.92 Å². The third kappa shape index (κ3) is 3.88. The zero-order valence-corrected chi connectivity index (χ0v) is 14.7. The summed E-state index contributed by atoms with van der Waals surface area (Å²) in [7, 11) is 3.29. The molecule has 2 aromatic rings. The van der Waals surface area contributed by atoms with Crippen LogP contribution in [0.3, 0.4) is 0 Å². The molecule has 2 heterocycles. The van der Waals surface area contributed by atoms with Gasteiger partial charge in [-0.15, -0.1) is 11.3 Å². The van der Waals surface area contributed by atoms with E-state index in [1.807, 2.05) is 30.3 Å². The van der Waals surface area contributed by atoms with Crippen molar-refractivity contribution < 1.29 is 19.0 Å². The number of rotatable bonds is 6. The third-order valence-electron chi connectivity index (χ3n) is 3.98. The molecule has 6 heteroatoms. The Morgan fingerprint density at radius 1 is 1.33 bits per heavy atom. The van der Waals surface area contributed by atoms with Crippen LogP contribution in [-0.2, 0) is 17.8 Å². The van der Waals surface area contributed by atoms with E-state index in [2.05, 4.69) is 5.32 Å². The number of fused-ring (bicyclic) bond motifs is 1. The Hall–Kier alpha value is -2.05. The minimum Gasteiger partial charge on any atom is -0.497 e. The molecule has 1 amide bonds. The van der Waals surface area contributed by atoms with Crippen molar-refractivity contribution in [3.63, 3.8) is 0 Å². The highest BCUT2D eigenvalue weighted by molar-refractivity contribution is 7.14. The maximum absolute atomic E-state index is 12.2. The van der Waals surface area contributed by atoms with Gasteiger partial charge in [0.25, 0.3) is 5.91 Å². The number of thiophene rings is 1. The summed E-state index contributed by atoms with van der Waals surface area (Å²) < 4.78 is 16.1. The maximum Gasteiger partial charge on any atom is 0.261 e. The topological polar surface area (TPSA) is 56.8 Å². The zero-order valence-electron chi connectivity index (χ0n) is 13.8. The van der Waals surface area contributed by atoms with Gasteiger partial charge >= 0.3 is 0 Å². The largest absolute Gasteiger partial charge is 0.497 e. The summed E-state index contributed by atoms with van der Waals surface area (Å²) in [5.41, 5.74) is 1.15. The first-order valence-electron chi connectivity index (χ1n) is 7.85. The normalized spacial score (nSPS) is 16.2. The maximum atomic E-state index is 12.2. The molecule has 128 valence electrons. The average molecular weight is 347 g/mol. The van der Waals surface area contributed by atoms with E-state index in [1.54, 1.807) is 14.2 Å². The first-order chi connectivity index (χ1) is 11.7. The number of hydrogen-bond donors (Lipinski definition) is 1. The standard InChI is InChI=1S/C18H21NO4S/c1-21-11-15-5-6-17(24-15)18(20)19-9-12-7-13-3-4-14(22-2)8-16(13)23-10-12/h3-6,8,12H,7,9-11H2,1-2H3,(H,19,20). The lowest BCUT2D eigenvalue weighted by Crippen LogP contribution is -2.34. The molecule has 1 aliphatic heterocycles. The van der Waals surface area contributed by atoms with Gasteiger partial charge < -0.3 is 19.5 Å². The lowest BCUT2D eigenvalue weighted by Gasteiger charge is -2.25. The van der Waals surface area contributed by atoms with E-state index in [4.69, 9.17) is 14.2 Å². The molecule has 0 saturated carbocycles. The van der Waals surface area contributed by atoms with Gasteiger partial charge in [-0.1, -0.05) is 6.07 Å². The molecule has 1 unspecified atom stereocenters. The molecule has 1 aromatic carbocycles. The fraction of sp³-hybridized carbons (Fsp3) is 0.389. The van der Waals surface area contributed by atoms with Crippen LogP contribution in [0.2, 0.25) is 0 Å². The van der Waals surface area contributed by atoms with Crippen LogP contribution in [0, 0.1) is 5.92 Å². The Morgan fingerprint density at radius 2 is 2.21 bits per heavy atom. The smallest absolute Gasteiger partial charge is 0.261 e. The van der Waals surface area contributed by atoms with Crippen LogP contribution in [0.15, 0.2) is 30.3 Å². The van der Waals surface area contributed by atoms with Gasteiger partial charge in [-0.2, -0.15) is 0 Å². The second-order valence-corrected chi connectivity index (χ2v) is 6.93. The van der Waals surface area contributed by atoms with Crippen LogP contribution in [0.5, 0.6) is 11.5 Å². The van der Waals surface area contributed by atoms with Gasteiger partial charge in [-0.25, -0.2) is 0 Å². The van der Waals surface area contributed by atoms with Crippen molar-refractivity contribution in [3.8, 4) is 11.5 Å². The molecule has 1 aliphatic rings. The van der Waals surface area contributed by atoms with Crippen molar-refractivity contribution in [1.29, 1.82) is 0 Å². The van der Waals surface area contributed by atoms with Crippen molar-refractivity contribution in [1.82, 2.24) is 5.32 Å². The molecule has 5 nitrogen and oxygen atoms in total. The molecule has 0 bridgehead atoms. The Kier molecular flexibility index (Phi) is 5.37. The average Bonchev–Trinajstić information content (AvgIpc) is 3.08. The fourth-order valence-corrected chi connectivity index (χ4v) is 3.61. The molecule has 1 N–H and O–H groups in total. The number of methoxy groups -OCH3 is 2. The van der Waals surface area contributed by atoms with E-state index >= 15 is 0 Å². The summed E-state index contributed by atoms with van der Waals surface area (Å²) >= 11 is 1.46.